The van der Waals surface area contributed by atoms with Gasteiger partial charge in [0.15, 0.2) is 12.6 Å². The number of halogens is 1. The summed E-state index contributed by atoms with van der Waals surface area (Å²) in [4.78, 5) is 14.8. The molecule has 0 aromatic heterocycles. The van der Waals surface area contributed by atoms with Crippen molar-refractivity contribution >= 4 is 11.6 Å². The molecule has 5 nitrogen and oxygen atoms in total. The molecule has 1 saturated heterocycles. The summed E-state index contributed by atoms with van der Waals surface area (Å²) in [7, 11) is 1.99. The van der Waals surface area contributed by atoms with Gasteiger partial charge in [0.05, 0.1) is 20.2 Å². The van der Waals surface area contributed by atoms with E-state index in [1.807, 2.05) is 7.05 Å². The Balaban J connectivity index is 1.75. The highest BCUT2D eigenvalue weighted by atomic mass is 19.1. The van der Waals surface area contributed by atoms with Crippen LogP contribution in [-0.4, -0.2) is 58.4 Å². The normalized spacial score (nSPS) is 22.4. The molecule has 1 aromatic carbocycles. The predicted molar refractivity (Wildman–Crippen MR) is 91.8 cm³/mol. The average molecular weight is 339 g/mol. The lowest BCUT2D eigenvalue weighted by Crippen LogP contribution is -3.18. The van der Waals surface area contributed by atoms with Crippen molar-refractivity contribution in [1.82, 2.24) is 0 Å². The Labute approximate surface area is 143 Å². The van der Waals surface area contributed by atoms with E-state index < -0.39 is 0 Å². The molecule has 1 aliphatic heterocycles. The van der Waals surface area contributed by atoms with E-state index in [0.29, 0.717) is 18.2 Å². The summed E-state index contributed by atoms with van der Waals surface area (Å²) < 4.78 is 19.0. The largest absolute Gasteiger partial charge is 0.361 e. The Morgan fingerprint density at radius 1 is 1.50 bits per heavy atom. The fourth-order valence-electron chi connectivity index (χ4n) is 3.25. The number of carbonyl (C=O) groups is 1. The summed E-state index contributed by atoms with van der Waals surface area (Å²) in [5.41, 5.74) is 0.495. The van der Waals surface area contributed by atoms with Crippen molar-refractivity contribution in [3.63, 3.8) is 0 Å². The number of quaternary nitrogens is 2. The summed E-state index contributed by atoms with van der Waals surface area (Å²) in [6.07, 6.45) is 0.189. The molecule has 1 fully saturated rings. The lowest BCUT2D eigenvalue weighted by atomic mass is 10.1. The summed E-state index contributed by atoms with van der Waals surface area (Å²) in [5.74, 6) is 0.221. The second-order valence-corrected chi connectivity index (χ2v) is 7.19. The Bertz CT molecular complexity index is 539. The first-order valence-electron chi connectivity index (χ1n) is 8.74. The number of hydrogen-bond acceptors (Lipinski definition) is 2. The van der Waals surface area contributed by atoms with Gasteiger partial charge in [0.25, 0.3) is 5.91 Å². The van der Waals surface area contributed by atoms with Gasteiger partial charge in [-0.25, -0.2) is 4.39 Å². The molecule has 1 heterocycles. The minimum absolute atomic E-state index is 0.111. The van der Waals surface area contributed by atoms with Crippen LogP contribution in [0.25, 0.3) is 0 Å². The summed E-state index contributed by atoms with van der Waals surface area (Å²) in [5, 5.41) is 2.74. The third kappa shape index (κ3) is 6.55. The molecule has 1 aliphatic rings. The molecule has 6 heteroatoms. The van der Waals surface area contributed by atoms with E-state index in [1.165, 1.54) is 18.7 Å². The van der Waals surface area contributed by atoms with Gasteiger partial charge in [0.2, 0.25) is 0 Å². The van der Waals surface area contributed by atoms with Crippen molar-refractivity contribution in [3.8, 4) is 0 Å². The lowest BCUT2D eigenvalue weighted by molar-refractivity contribution is -0.926. The van der Waals surface area contributed by atoms with Crippen LogP contribution in [0.2, 0.25) is 0 Å². The lowest BCUT2D eigenvalue weighted by Gasteiger charge is -2.31. The molecule has 2 rings (SSSR count). The molecule has 24 heavy (non-hydrogen) atoms. The number of rotatable bonds is 7. The minimum atomic E-state index is -0.350. The van der Waals surface area contributed by atoms with Crippen molar-refractivity contribution in [3.05, 3.63) is 30.1 Å². The van der Waals surface area contributed by atoms with E-state index in [2.05, 4.69) is 19.2 Å². The number of amides is 1. The first-order valence-corrected chi connectivity index (χ1v) is 8.74. The van der Waals surface area contributed by atoms with Crippen LogP contribution in [0.1, 0.15) is 13.8 Å². The maximum absolute atomic E-state index is 13.1. The summed E-state index contributed by atoms with van der Waals surface area (Å²) in [6, 6.07) is 5.96. The zero-order valence-corrected chi connectivity index (χ0v) is 14.9. The van der Waals surface area contributed by atoms with Gasteiger partial charge in [-0.15, -0.1) is 0 Å². The topological polar surface area (TPSA) is 47.2 Å². The second kappa shape index (κ2) is 9.11. The van der Waals surface area contributed by atoms with Crippen LogP contribution >= 0.6 is 0 Å². The Hall–Kier alpha value is -1.50. The zero-order chi connectivity index (χ0) is 17.5. The van der Waals surface area contributed by atoms with Crippen molar-refractivity contribution in [2.24, 2.45) is 5.92 Å². The van der Waals surface area contributed by atoms with Crippen LogP contribution in [0.15, 0.2) is 24.3 Å². The number of hydrogen-bond donors (Lipinski definition) is 3. The molecule has 0 saturated carbocycles. The van der Waals surface area contributed by atoms with Crippen molar-refractivity contribution in [2.45, 2.75) is 20.0 Å². The number of nitrogens with one attached hydrogen (secondary N) is 3. The maximum Gasteiger partial charge on any atom is 0.279 e. The molecule has 3 atom stereocenters. The molecule has 0 spiro atoms. The number of ether oxygens (including phenoxy) is 1. The molecule has 0 bridgehead atoms. The highest BCUT2D eigenvalue weighted by Crippen LogP contribution is 2.08. The van der Waals surface area contributed by atoms with E-state index in [-0.39, 0.29) is 17.8 Å². The second-order valence-electron chi connectivity index (χ2n) is 7.19. The van der Waals surface area contributed by atoms with Crippen LogP contribution < -0.4 is 15.1 Å². The van der Waals surface area contributed by atoms with Crippen molar-refractivity contribution < 1.29 is 23.7 Å². The quantitative estimate of drug-likeness (QED) is 0.610. The standard InChI is InChI=1S/C18H28FN3O2/c1-14(2)10-22-7-8-24-17(12-22)11-21(3)13-18(23)20-16-6-4-5-15(19)9-16/h4-6,9,14,17H,7-8,10-13H2,1-3H3,(H,20,23)/p+2/t17-/m1/s1. The molecule has 134 valence electrons. The number of carbonyl (C=O) groups excluding carboxylic acids is 1. The highest BCUT2D eigenvalue weighted by Gasteiger charge is 2.27. The molecule has 1 aromatic rings. The minimum Gasteiger partial charge on any atom is -0.361 e. The molecule has 0 aliphatic carbocycles. The SMILES string of the molecule is CC(C)C[NH+]1CCO[C@H](C[NH+](C)CC(=O)Nc2cccc(F)c2)C1. The molecular weight excluding hydrogens is 309 g/mol. The third-order valence-electron chi connectivity index (χ3n) is 4.17. The van der Waals surface area contributed by atoms with Crippen LogP contribution in [0.4, 0.5) is 10.1 Å². The van der Waals surface area contributed by atoms with E-state index in [4.69, 9.17) is 4.74 Å². The van der Waals surface area contributed by atoms with Crippen molar-refractivity contribution in [1.29, 1.82) is 0 Å². The molecule has 0 radical (unpaired) electrons. The number of morpholine rings is 1. The maximum atomic E-state index is 13.1. The molecular formula is C18H30FN3O2+2. The van der Waals surface area contributed by atoms with Gasteiger partial charge in [-0.2, -0.15) is 0 Å². The van der Waals surface area contributed by atoms with Gasteiger partial charge in [0, 0.05) is 11.6 Å². The van der Waals surface area contributed by atoms with Crippen LogP contribution in [-0.2, 0) is 9.53 Å². The smallest absolute Gasteiger partial charge is 0.279 e. The van der Waals surface area contributed by atoms with E-state index in [0.717, 1.165) is 31.1 Å². The summed E-state index contributed by atoms with van der Waals surface area (Å²) >= 11 is 0. The number of benzene rings is 1. The van der Waals surface area contributed by atoms with Gasteiger partial charge in [-0.3, -0.25) is 4.79 Å². The third-order valence-corrected chi connectivity index (χ3v) is 4.17. The van der Waals surface area contributed by atoms with E-state index in [1.54, 1.807) is 17.0 Å². The van der Waals surface area contributed by atoms with E-state index in [9.17, 15) is 9.18 Å². The Morgan fingerprint density at radius 3 is 3.00 bits per heavy atom. The fraction of sp³-hybridized carbons (Fsp3) is 0.611. The first kappa shape index (κ1) is 18.8. The highest BCUT2D eigenvalue weighted by molar-refractivity contribution is 5.91. The van der Waals surface area contributed by atoms with Crippen molar-refractivity contribution in [2.75, 3.05) is 51.7 Å². The molecule has 3 N–H and O–H groups in total. The van der Waals surface area contributed by atoms with Gasteiger partial charge < -0.3 is 19.9 Å². The zero-order valence-electron chi connectivity index (χ0n) is 14.9. The fourth-order valence-corrected chi connectivity index (χ4v) is 3.25. The first-order chi connectivity index (χ1) is 11.4. The van der Waals surface area contributed by atoms with Crippen LogP contribution in [0.5, 0.6) is 0 Å². The van der Waals surface area contributed by atoms with Gasteiger partial charge in [-0.1, -0.05) is 19.9 Å². The van der Waals surface area contributed by atoms with Gasteiger partial charge in [-0.05, 0) is 18.2 Å². The Morgan fingerprint density at radius 2 is 2.29 bits per heavy atom. The number of anilines is 1. The van der Waals surface area contributed by atoms with Gasteiger partial charge in [0.1, 0.15) is 25.5 Å². The Kier molecular flexibility index (Phi) is 7.15. The average Bonchev–Trinajstić information content (AvgIpc) is 2.46. The van der Waals surface area contributed by atoms with E-state index >= 15 is 0 Å². The van der Waals surface area contributed by atoms with Crippen LogP contribution in [0.3, 0.4) is 0 Å². The van der Waals surface area contributed by atoms with Gasteiger partial charge >= 0.3 is 0 Å². The molecule has 2 unspecified atom stereocenters. The summed E-state index contributed by atoms with van der Waals surface area (Å²) in [6.45, 7) is 9.65. The monoisotopic (exact) mass is 339 g/mol. The number of likely N-dealkylation sites (N-methyl/N-ethyl adjacent to an activating group) is 1. The van der Waals surface area contributed by atoms with Crippen LogP contribution in [0, 0.1) is 11.7 Å². The predicted octanol–water partition coefficient (Wildman–Crippen LogP) is -0.781. The molecule has 1 amide bonds.